The SMILES string of the molecule is Cc1ccc([N+](=O)[O-])c(N2CCC(=CC=Cc3cccc(Cc4ccn[nH]4)c3)CC2)n1. The van der Waals surface area contributed by atoms with E-state index < -0.39 is 0 Å². The van der Waals surface area contributed by atoms with E-state index in [1.165, 1.54) is 11.1 Å². The van der Waals surface area contributed by atoms with E-state index in [1.807, 2.05) is 17.9 Å². The number of aromatic amines is 1. The molecule has 7 heteroatoms. The van der Waals surface area contributed by atoms with Crippen LogP contribution in [-0.2, 0) is 6.42 Å². The minimum atomic E-state index is -0.351. The molecule has 1 aliphatic heterocycles. The van der Waals surface area contributed by atoms with Crippen molar-refractivity contribution in [3.05, 3.63) is 99.0 Å². The third-order valence-electron chi connectivity index (χ3n) is 5.42. The van der Waals surface area contributed by atoms with Gasteiger partial charge in [-0.2, -0.15) is 5.10 Å². The quantitative estimate of drug-likeness (QED) is 0.459. The van der Waals surface area contributed by atoms with E-state index in [1.54, 1.807) is 18.3 Å². The molecule has 1 saturated heterocycles. The van der Waals surface area contributed by atoms with Gasteiger partial charge >= 0.3 is 5.69 Å². The van der Waals surface area contributed by atoms with Crippen LogP contribution in [0.25, 0.3) is 6.08 Å². The van der Waals surface area contributed by atoms with E-state index in [9.17, 15) is 10.1 Å². The van der Waals surface area contributed by atoms with Crippen molar-refractivity contribution in [2.24, 2.45) is 0 Å². The van der Waals surface area contributed by atoms with E-state index in [0.29, 0.717) is 5.82 Å². The molecule has 1 N–H and O–H groups in total. The molecule has 1 aromatic carbocycles. The number of pyridine rings is 1. The smallest absolute Gasteiger partial charge is 0.311 e. The molecule has 0 aliphatic carbocycles. The molecule has 2 aromatic heterocycles. The number of benzene rings is 1. The van der Waals surface area contributed by atoms with Gasteiger partial charge in [-0.05, 0) is 43.0 Å². The Bertz CT molecular complexity index is 1110. The van der Waals surface area contributed by atoms with Gasteiger partial charge in [-0.15, -0.1) is 0 Å². The fourth-order valence-electron chi connectivity index (χ4n) is 3.79. The minimum absolute atomic E-state index is 0.0768. The van der Waals surface area contributed by atoms with E-state index >= 15 is 0 Å². The van der Waals surface area contributed by atoms with Gasteiger partial charge in [0.05, 0.1) is 4.92 Å². The minimum Gasteiger partial charge on any atom is -0.350 e. The summed E-state index contributed by atoms with van der Waals surface area (Å²) < 4.78 is 0. The largest absolute Gasteiger partial charge is 0.350 e. The molecule has 3 heterocycles. The molecule has 0 radical (unpaired) electrons. The van der Waals surface area contributed by atoms with Gasteiger partial charge in [0.25, 0.3) is 0 Å². The topological polar surface area (TPSA) is 88.0 Å². The Hall–Kier alpha value is -3.74. The number of anilines is 1. The Morgan fingerprint density at radius 1 is 1.19 bits per heavy atom. The van der Waals surface area contributed by atoms with Crippen molar-refractivity contribution >= 4 is 17.6 Å². The zero-order valence-corrected chi connectivity index (χ0v) is 17.5. The summed E-state index contributed by atoms with van der Waals surface area (Å²) in [4.78, 5) is 17.4. The first-order valence-electron chi connectivity index (χ1n) is 10.4. The molecular formula is C24H25N5O2. The van der Waals surface area contributed by atoms with Gasteiger partial charge in [-0.1, -0.05) is 48.1 Å². The molecule has 4 rings (SSSR count). The molecule has 0 amide bonds. The number of nitro groups is 1. The number of aryl methyl sites for hydroxylation is 1. The molecule has 0 unspecified atom stereocenters. The zero-order chi connectivity index (χ0) is 21.6. The van der Waals surface area contributed by atoms with Gasteiger partial charge in [0.1, 0.15) is 0 Å². The van der Waals surface area contributed by atoms with Gasteiger partial charge < -0.3 is 4.90 Å². The highest BCUT2D eigenvalue weighted by Gasteiger charge is 2.23. The summed E-state index contributed by atoms with van der Waals surface area (Å²) in [6, 6.07) is 13.7. The van der Waals surface area contributed by atoms with Crippen molar-refractivity contribution in [1.82, 2.24) is 15.2 Å². The first kappa shape index (κ1) is 20.5. The van der Waals surface area contributed by atoms with Crippen LogP contribution in [0.3, 0.4) is 0 Å². The zero-order valence-electron chi connectivity index (χ0n) is 17.5. The summed E-state index contributed by atoms with van der Waals surface area (Å²) >= 11 is 0. The third-order valence-corrected chi connectivity index (χ3v) is 5.42. The molecule has 158 valence electrons. The van der Waals surface area contributed by atoms with Gasteiger partial charge in [-0.25, -0.2) is 4.98 Å². The molecule has 0 spiro atoms. The maximum Gasteiger partial charge on any atom is 0.311 e. The van der Waals surface area contributed by atoms with Gasteiger partial charge in [0.2, 0.25) is 5.82 Å². The Morgan fingerprint density at radius 2 is 2.03 bits per heavy atom. The molecule has 0 saturated carbocycles. The average molecular weight is 415 g/mol. The summed E-state index contributed by atoms with van der Waals surface area (Å²) in [5, 5.41) is 18.3. The lowest BCUT2D eigenvalue weighted by Gasteiger charge is -2.29. The number of rotatable bonds is 6. The van der Waals surface area contributed by atoms with Crippen molar-refractivity contribution < 1.29 is 4.92 Å². The number of nitrogens with zero attached hydrogens (tertiary/aromatic N) is 4. The molecule has 1 fully saturated rings. The van der Waals surface area contributed by atoms with Crippen molar-refractivity contribution in [2.45, 2.75) is 26.2 Å². The predicted molar refractivity (Wildman–Crippen MR) is 122 cm³/mol. The van der Waals surface area contributed by atoms with Crippen LogP contribution in [0.4, 0.5) is 11.5 Å². The number of piperidine rings is 1. The summed E-state index contributed by atoms with van der Waals surface area (Å²) in [7, 11) is 0. The fraction of sp³-hybridized carbons (Fsp3) is 0.250. The molecular weight excluding hydrogens is 390 g/mol. The number of nitrogens with one attached hydrogen (secondary N) is 1. The van der Waals surface area contributed by atoms with Crippen LogP contribution in [0.1, 0.15) is 35.4 Å². The number of aromatic nitrogens is 3. The van der Waals surface area contributed by atoms with Crippen LogP contribution in [-0.4, -0.2) is 33.2 Å². The second-order valence-electron chi connectivity index (χ2n) is 7.73. The highest BCUT2D eigenvalue weighted by molar-refractivity contribution is 5.59. The van der Waals surface area contributed by atoms with E-state index in [4.69, 9.17) is 0 Å². The predicted octanol–water partition coefficient (Wildman–Crippen LogP) is 4.85. The highest BCUT2D eigenvalue weighted by Crippen LogP contribution is 2.29. The summed E-state index contributed by atoms with van der Waals surface area (Å²) in [6.07, 6.45) is 10.7. The van der Waals surface area contributed by atoms with Crippen LogP contribution >= 0.6 is 0 Å². The Labute approximate surface area is 181 Å². The first-order valence-corrected chi connectivity index (χ1v) is 10.4. The van der Waals surface area contributed by atoms with Gasteiger partial charge in [0.15, 0.2) is 0 Å². The molecule has 3 aromatic rings. The summed E-state index contributed by atoms with van der Waals surface area (Å²) in [5.74, 6) is 0.480. The van der Waals surface area contributed by atoms with Crippen molar-refractivity contribution in [3.63, 3.8) is 0 Å². The van der Waals surface area contributed by atoms with Gasteiger partial charge in [-0.3, -0.25) is 15.2 Å². The maximum absolute atomic E-state index is 11.3. The second kappa shape index (κ2) is 9.38. The van der Waals surface area contributed by atoms with Crippen molar-refractivity contribution in [3.8, 4) is 0 Å². The van der Waals surface area contributed by atoms with Crippen LogP contribution in [0.15, 0.2) is 66.4 Å². The van der Waals surface area contributed by atoms with Crippen LogP contribution in [0.2, 0.25) is 0 Å². The lowest BCUT2D eigenvalue weighted by atomic mass is 10.0. The number of H-pyrrole nitrogens is 1. The summed E-state index contributed by atoms with van der Waals surface area (Å²) in [5.41, 5.74) is 5.70. The molecule has 0 bridgehead atoms. The number of hydrogen-bond acceptors (Lipinski definition) is 5. The van der Waals surface area contributed by atoms with Crippen molar-refractivity contribution in [2.75, 3.05) is 18.0 Å². The number of hydrogen-bond donors (Lipinski definition) is 1. The monoisotopic (exact) mass is 415 g/mol. The third kappa shape index (κ3) is 5.25. The van der Waals surface area contributed by atoms with Crippen molar-refractivity contribution in [1.29, 1.82) is 0 Å². The number of allylic oxidation sites excluding steroid dienone is 2. The van der Waals surface area contributed by atoms with Gasteiger partial charge in [0, 0.05) is 43.2 Å². The average Bonchev–Trinajstić information content (AvgIpc) is 3.27. The van der Waals surface area contributed by atoms with Crippen LogP contribution < -0.4 is 4.90 Å². The maximum atomic E-state index is 11.3. The molecule has 7 nitrogen and oxygen atoms in total. The van der Waals surface area contributed by atoms with E-state index in [-0.39, 0.29) is 10.6 Å². The van der Waals surface area contributed by atoms with Crippen LogP contribution in [0.5, 0.6) is 0 Å². The van der Waals surface area contributed by atoms with Crippen LogP contribution in [0, 0.1) is 17.0 Å². The van der Waals surface area contributed by atoms with E-state index in [0.717, 1.165) is 49.3 Å². The lowest BCUT2D eigenvalue weighted by Crippen LogP contribution is -2.32. The second-order valence-corrected chi connectivity index (χ2v) is 7.73. The molecule has 0 atom stereocenters. The highest BCUT2D eigenvalue weighted by atomic mass is 16.6. The molecule has 31 heavy (non-hydrogen) atoms. The molecule has 1 aliphatic rings. The standard InChI is InChI=1S/C24H25N5O2/c1-18-8-9-23(29(30)31)24(26-18)28-14-11-19(12-15-28)4-2-5-20-6-3-7-21(16-20)17-22-10-13-25-27-22/h2-10,13,16H,11-12,14-15,17H2,1H3,(H,25,27). The Morgan fingerprint density at radius 3 is 2.77 bits per heavy atom. The Balaban J connectivity index is 1.38. The fourth-order valence-corrected chi connectivity index (χ4v) is 3.79. The Kier molecular flexibility index (Phi) is 6.21. The van der Waals surface area contributed by atoms with E-state index in [2.05, 4.69) is 57.7 Å². The normalized spacial score (nSPS) is 14.2. The lowest BCUT2D eigenvalue weighted by molar-refractivity contribution is -0.384. The first-order chi connectivity index (χ1) is 15.1. The summed E-state index contributed by atoms with van der Waals surface area (Å²) in [6.45, 7) is 3.32.